The molecule has 25 heavy (non-hydrogen) atoms. The molecule has 0 radical (unpaired) electrons. The van der Waals surface area contributed by atoms with E-state index in [1.54, 1.807) is 0 Å². The lowest BCUT2D eigenvalue weighted by molar-refractivity contribution is -0.384. The van der Waals surface area contributed by atoms with Crippen LogP contribution in [0.4, 0.5) is 5.69 Å². The Kier molecular flexibility index (Phi) is 5.03. The average molecular weight is 339 g/mol. The molecule has 7 nitrogen and oxygen atoms in total. The molecule has 128 valence electrons. The molecule has 1 heterocycles. The predicted molar refractivity (Wildman–Crippen MR) is 92.7 cm³/mol. The zero-order valence-corrected chi connectivity index (χ0v) is 13.5. The Bertz CT molecular complexity index is 833. The lowest BCUT2D eigenvalue weighted by Crippen LogP contribution is -2.25. The SMILES string of the molecule is O=C(OCCCNC1=NCc2ccccc21)c1cccc([N+](=O)[O-])c1. The lowest BCUT2D eigenvalue weighted by atomic mass is 10.1. The van der Waals surface area contributed by atoms with Gasteiger partial charge in [0, 0.05) is 24.2 Å². The van der Waals surface area contributed by atoms with E-state index in [2.05, 4.69) is 10.3 Å². The molecular formula is C18H17N3O4. The zero-order valence-electron chi connectivity index (χ0n) is 13.5. The molecule has 2 aromatic rings. The number of benzene rings is 2. The van der Waals surface area contributed by atoms with Gasteiger partial charge in [-0.05, 0) is 18.1 Å². The fourth-order valence-corrected chi connectivity index (χ4v) is 2.56. The van der Waals surface area contributed by atoms with Crippen molar-refractivity contribution < 1.29 is 14.5 Å². The van der Waals surface area contributed by atoms with E-state index in [9.17, 15) is 14.9 Å². The Hall–Kier alpha value is -3.22. The van der Waals surface area contributed by atoms with Crippen molar-refractivity contribution in [1.29, 1.82) is 0 Å². The molecule has 3 rings (SSSR count). The summed E-state index contributed by atoms with van der Waals surface area (Å²) in [6.07, 6.45) is 0.613. The van der Waals surface area contributed by atoms with E-state index >= 15 is 0 Å². The summed E-state index contributed by atoms with van der Waals surface area (Å²) in [5.41, 5.74) is 2.35. The quantitative estimate of drug-likeness (QED) is 0.378. The van der Waals surface area contributed by atoms with Crippen molar-refractivity contribution in [2.75, 3.05) is 13.2 Å². The Balaban J connectivity index is 1.43. The first-order valence-corrected chi connectivity index (χ1v) is 7.93. The van der Waals surface area contributed by atoms with E-state index in [1.165, 1.54) is 29.8 Å². The summed E-state index contributed by atoms with van der Waals surface area (Å²) in [6.45, 7) is 1.53. The summed E-state index contributed by atoms with van der Waals surface area (Å²) in [5, 5.41) is 14.0. The van der Waals surface area contributed by atoms with Crippen molar-refractivity contribution >= 4 is 17.5 Å². The average Bonchev–Trinajstić information content (AvgIpc) is 3.04. The number of fused-ring (bicyclic) bond motifs is 1. The number of ether oxygens (including phenoxy) is 1. The highest BCUT2D eigenvalue weighted by Crippen LogP contribution is 2.17. The second kappa shape index (κ2) is 7.57. The third-order valence-electron chi connectivity index (χ3n) is 3.82. The number of hydrogen-bond acceptors (Lipinski definition) is 6. The van der Waals surface area contributed by atoms with Crippen LogP contribution in [0.2, 0.25) is 0 Å². The van der Waals surface area contributed by atoms with Gasteiger partial charge in [0.25, 0.3) is 5.69 Å². The van der Waals surface area contributed by atoms with Gasteiger partial charge in [0.1, 0.15) is 5.84 Å². The number of non-ortho nitro benzene ring substituents is 1. The van der Waals surface area contributed by atoms with Gasteiger partial charge in [-0.2, -0.15) is 0 Å². The third kappa shape index (κ3) is 4.00. The maximum absolute atomic E-state index is 11.9. The van der Waals surface area contributed by atoms with Crippen LogP contribution in [0.3, 0.4) is 0 Å². The number of hydrogen-bond donors (Lipinski definition) is 1. The van der Waals surface area contributed by atoms with Crippen LogP contribution in [0.15, 0.2) is 53.5 Å². The van der Waals surface area contributed by atoms with Gasteiger partial charge >= 0.3 is 5.97 Å². The molecule has 0 unspecified atom stereocenters. The van der Waals surface area contributed by atoms with E-state index in [0.717, 1.165) is 11.4 Å². The van der Waals surface area contributed by atoms with E-state index in [4.69, 9.17) is 4.74 Å². The predicted octanol–water partition coefficient (Wildman–Crippen LogP) is 2.69. The summed E-state index contributed by atoms with van der Waals surface area (Å²) in [6, 6.07) is 13.5. The molecule has 0 aromatic heterocycles. The van der Waals surface area contributed by atoms with Crippen LogP contribution in [0.1, 0.15) is 27.9 Å². The van der Waals surface area contributed by atoms with Gasteiger partial charge < -0.3 is 10.1 Å². The third-order valence-corrected chi connectivity index (χ3v) is 3.82. The highest BCUT2D eigenvalue weighted by Gasteiger charge is 2.15. The molecule has 1 aliphatic rings. The first-order valence-electron chi connectivity index (χ1n) is 7.93. The molecule has 0 spiro atoms. The number of nitro benzene ring substituents is 1. The van der Waals surface area contributed by atoms with Crippen molar-refractivity contribution in [1.82, 2.24) is 5.32 Å². The van der Waals surface area contributed by atoms with Gasteiger partial charge in [-0.3, -0.25) is 15.1 Å². The number of esters is 1. The standard InChI is InChI=1S/C18H17N3O4/c22-18(13-6-3-7-15(11-13)21(23)24)25-10-4-9-19-17-16-8-2-1-5-14(16)12-20-17/h1-3,5-8,11H,4,9-10,12H2,(H,19,20). The molecular weight excluding hydrogens is 322 g/mol. The topological polar surface area (TPSA) is 93.8 Å². The van der Waals surface area contributed by atoms with Crippen molar-refractivity contribution in [2.45, 2.75) is 13.0 Å². The molecule has 1 aliphatic heterocycles. The number of amidine groups is 1. The maximum atomic E-state index is 11.9. The number of rotatable bonds is 6. The monoisotopic (exact) mass is 339 g/mol. The molecule has 7 heteroatoms. The van der Waals surface area contributed by atoms with Gasteiger partial charge in [-0.25, -0.2) is 4.79 Å². The van der Waals surface area contributed by atoms with Crippen molar-refractivity contribution in [3.05, 3.63) is 75.3 Å². The minimum absolute atomic E-state index is 0.131. The number of aliphatic imine (C=N–C) groups is 1. The normalized spacial score (nSPS) is 12.2. The first kappa shape index (κ1) is 16.6. The summed E-state index contributed by atoms with van der Waals surface area (Å²) < 4.78 is 5.16. The van der Waals surface area contributed by atoms with E-state index < -0.39 is 10.9 Å². The number of carbonyl (C=O) groups is 1. The second-order valence-corrected chi connectivity index (χ2v) is 5.55. The van der Waals surface area contributed by atoms with Gasteiger partial charge in [-0.15, -0.1) is 0 Å². The smallest absolute Gasteiger partial charge is 0.338 e. The molecule has 0 saturated heterocycles. The van der Waals surface area contributed by atoms with Crippen LogP contribution >= 0.6 is 0 Å². The highest BCUT2D eigenvalue weighted by atomic mass is 16.6. The highest BCUT2D eigenvalue weighted by molar-refractivity contribution is 6.01. The van der Waals surface area contributed by atoms with E-state index in [0.29, 0.717) is 19.5 Å². The molecule has 0 atom stereocenters. The minimum atomic E-state index is -0.563. The molecule has 0 saturated carbocycles. The van der Waals surface area contributed by atoms with Crippen LogP contribution in [0.5, 0.6) is 0 Å². The van der Waals surface area contributed by atoms with Gasteiger partial charge in [0.2, 0.25) is 0 Å². The van der Waals surface area contributed by atoms with E-state index in [-0.39, 0.29) is 17.9 Å². The summed E-state index contributed by atoms with van der Waals surface area (Å²) in [5.74, 6) is 0.299. The van der Waals surface area contributed by atoms with Crippen molar-refractivity contribution in [3.8, 4) is 0 Å². The fourth-order valence-electron chi connectivity index (χ4n) is 2.56. The van der Waals surface area contributed by atoms with Gasteiger partial charge in [0.15, 0.2) is 0 Å². The van der Waals surface area contributed by atoms with Crippen LogP contribution < -0.4 is 5.32 Å². The zero-order chi connectivity index (χ0) is 17.6. The van der Waals surface area contributed by atoms with Crippen LogP contribution in [0.25, 0.3) is 0 Å². The minimum Gasteiger partial charge on any atom is -0.462 e. The van der Waals surface area contributed by atoms with Gasteiger partial charge in [-0.1, -0.05) is 30.3 Å². The van der Waals surface area contributed by atoms with Crippen LogP contribution in [-0.4, -0.2) is 29.9 Å². The van der Waals surface area contributed by atoms with E-state index in [1.807, 2.05) is 24.3 Å². The summed E-state index contributed by atoms with van der Waals surface area (Å²) in [4.78, 5) is 26.5. The maximum Gasteiger partial charge on any atom is 0.338 e. The van der Waals surface area contributed by atoms with Crippen molar-refractivity contribution in [3.63, 3.8) is 0 Å². The molecule has 2 aromatic carbocycles. The Morgan fingerprint density at radius 1 is 1.24 bits per heavy atom. The number of carbonyl (C=O) groups excluding carboxylic acids is 1. The van der Waals surface area contributed by atoms with Gasteiger partial charge in [0.05, 0.1) is 23.6 Å². The largest absolute Gasteiger partial charge is 0.462 e. The number of nitro groups is 1. The Morgan fingerprint density at radius 2 is 2.08 bits per heavy atom. The first-order chi connectivity index (χ1) is 12.1. The molecule has 1 N–H and O–H groups in total. The summed E-state index contributed by atoms with van der Waals surface area (Å²) in [7, 11) is 0. The molecule has 0 bridgehead atoms. The molecule has 0 fully saturated rings. The number of nitrogens with zero attached hydrogens (tertiary/aromatic N) is 2. The fraction of sp³-hybridized carbons (Fsp3) is 0.222. The lowest BCUT2D eigenvalue weighted by Gasteiger charge is -2.08. The molecule has 0 aliphatic carbocycles. The molecule has 0 amide bonds. The second-order valence-electron chi connectivity index (χ2n) is 5.55. The number of nitrogens with one attached hydrogen (secondary N) is 1. The summed E-state index contributed by atoms with van der Waals surface area (Å²) >= 11 is 0. The van der Waals surface area contributed by atoms with Crippen molar-refractivity contribution in [2.24, 2.45) is 4.99 Å². The van der Waals surface area contributed by atoms with Crippen LogP contribution in [-0.2, 0) is 11.3 Å². The Labute approximate surface area is 144 Å². The Morgan fingerprint density at radius 3 is 2.92 bits per heavy atom. The van der Waals surface area contributed by atoms with Crippen LogP contribution in [0, 0.1) is 10.1 Å².